The van der Waals surface area contributed by atoms with E-state index in [1.807, 2.05) is 6.92 Å². The van der Waals surface area contributed by atoms with E-state index < -0.39 is 11.8 Å². The van der Waals surface area contributed by atoms with Crippen molar-refractivity contribution in [1.29, 1.82) is 0 Å². The van der Waals surface area contributed by atoms with Crippen molar-refractivity contribution >= 4 is 5.97 Å². The quantitative estimate of drug-likeness (QED) is 0.311. The van der Waals surface area contributed by atoms with E-state index in [1.165, 1.54) is 0 Å². The van der Waals surface area contributed by atoms with Gasteiger partial charge in [-0.1, -0.05) is 13.5 Å². The maximum atomic E-state index is 11.2. The van der Waals surface area contributed by atoms with Gasteiger partial charge in [-0.15, -0.1) is 0 Å². The Balaban J connectivity index is 2.59. The first-order chi connectivity index (χ1) is 6.49. The van der Waals surface area contributed by atoms with Crippen molar-refractivity contribution in [2.75, 3.05) is 6.61 Å². The number of aliphatic hydroxyl groups is 1. The molecule has 1 saturated heterocycles. The lowest BCUT2D eigenvalue weighted by Gasteiger charge is -2.25. The highest BCUT2D eigenvalue weighted by molar-refractivity contribution is 5.87. The van der Waals surface area contributed by atoms with Crippen LogP contribution < -0.4 is 0 Å². The van der Waals surface area contributed by atoms with E-state index in [0.717, 1.165) is 6.42 Å². The molecule has 2 atom stereocenters. The normalized spacial score (nSPS) is 23.8. The summed E-state index contributed by atoms with van der Waals surface area (Å²) in [5.41, 5.74) is 0.278. The molecule has 14 heavy (non-hydrogen) atoms. The average Bonchev–Trinajstić information content (AvgIpc) is 2.86. The second-order valence-corrected chi connectivity index (χ2v) is 3.59. The van der Waals surface area contributed by atoms with Crippen molar-refractivity contribution in [3.05, 3.63) is 12.2 Å². The van der Waals surface area contributed by atoms with Crippen LogP contribution in [-0.2, 0) is 14.3 Å². The van der Waals surface area contributed by atoms with Gasteiger partial charge in [0.25, 0.3) is 0 Å². The molecule has 4 heteroatoms. The number of hydrogen-bond donors (Lipinski definition) is 1. The summed E-state index contributed by atoms with van der Waals surface area (Å²) < 4.78 is 9.91. The summed E-state index contributed by atoms with van der Waals surface area (Å²) in [7, 11) is 0. The first kappa shape index (κ1) is 11.2. The molecule has 1 aliphatic heterocycles. The third kappa shape index (κ3) is 2.56. The minimum atomic E-state index is -1.47. The fourth-order valence-electron chi connectivity index (χ4n) is 1.19. The van der Waals surface area contributed by atoms with Crippen molar-refractivity contribution in [3.8, 4) is 0 Å². The van der Waals surface area contributed by atoms with Gasteiger partial charge in [-0.3, -0.25) is 0 Å². The molecule has 1 fully saturated rings. The molecule has 0 aromatic rings. The van der Waals surface area contributed by atoms with Crippen molar-refractivity contribution in [2.24, 2.45) is 0 Å². The van der Waals surface area contributed by atoms with Gasteiger partial charge in [-0.05, 0) is 13.3 Å². The fourth-order valence-corrected chi connectivity index (χ4v) is 1.19. The zero-order chi connectivity index (χ0) is 10.8. The fraction of sp³-hybridized carbons (Fsp3) is 0.700. The molecule has 1 heterocycles. The molecule has 4 nitrogen and oxygen atoms in total. The maximum Gasteiger partial charge on any atom is 0.335 e. The number of carbonyl (C=O) groups excluding carboxylic acids is 1. The van der Waals surface area contributed by atoms with Gasteiger partial charge >= 0.3 is 5.97 Å². The smallest absolute Gasteiger partial charge is 0.335 e. The zero-order valence-corrected chi connectivity index (χ0v) is 8.58. The van der Waals surface area contributed by atoms with Gasteiger partial charge < -0.3 is 14.6 Å². The summed E-state index contributed by atoms with van der Waals surface area (Å²) >= 11 is 0. The molecule has 1 rings (SSSR count). The lowest BCUT2D eigenvalue weighted by molar-refractivity contribution is -0.216. The third-order valence-electron chi connectivity index (χ3n) is 2.06. The van der Waals surface area contributed by atoms with E-state index >= 15 is 0 Å². The highest BCUT2D eigenvalue weighted by Gasteiger charge is 2.48. The van der Waals surface area contributed by atoms with Gasteiger partial charge in [0.2, 0.25) is 5.79 Å². The Bertz CT molecular complexity index is 245. The lowest BCUT2D eigenvalue weighted by Crippen LogP contribution is -2.40. The van der Waals surface area contributed by atoms with Crippen molar-refractivity contribution in [2.45, 2.75) is 38.6 Å². The molecule has 0 aromatic heterocycles. The van der Waals surface area contributed by atoms with E-state index in [0.29, 0.717) is 13.0 Å². The van der Waals surface area contributed by atoms with Crippen LogP contribution in [0.5, 0.6) is 0 Å². The third-order valence-corrected chi connectivity index (χ3v) is 2.06. The topological polar surface area (TPSA) is 59.1 Å². The van der Waals surface area contributed by atoms with Crippen LogP contribution in [0.1, 0.15) is 26.7 Å². The SMILES string of the molecule is C=C(C)C(=O)OC(O)(CCC)C1CO1. The second-order valence-electron chi connectivity index (χ2n) is 3.59. The van der Waals surface area contributed by atoms with Crippen LogP contribution >= 0.6 is 0 Å². The summed E-state index contributed by atoms with van der Waals surface area (Å²) in [6, 6.07) is 0. The summed E-state index contributed by atoms with van der Waals surface area (Å²) in [6.45, 7) is 7.35. The Kier molecular flexibility index (Phi) is 3.29. The van der Waals surface area contributed by atoms with Crippen LogP contribution in [0.3, 0.4) is 0 Å². The van der Waals surface area contributed by atoms with Gasteiger partial charge in [-0.2, -0.15) is 0 Å². The molecule has 0 aliphatic carbocycles. The van der Waals surface area contributed by atoms with Crippen LogP contribution in [0.15, 0.2) is 12.2 Å². The molecule has 0 aromatic carbocycles. The first-order valence-corrected chi connectivity index (χ1v) is 4.72. The molecule has 0 spiro atoms. The van der Waals surface area contributed by atoms with Crippen LogP contribution in [0.25, 0.3) is 0 Å². The van der Waals surface area contributed by atoms with Crippen molar-refractivity contribution in [1.82, 2.24) is 0 Å². The molecule has 1 aliphatic rings. The molecule has 1 N–H and O–H groups in total. The van der Waals surface area contributed by atoms with E-state index in [9.17, 15) is 9.90 Å². The monoisotopic (exact) mass is 200 g/mol. The van der Waals surface area contributed by atoms with Gasteiger partial charge in [0.1, 0.15) is 6.10 Å². The molecular weight excluding hydrogens is 184 g/mol. The van der Waals surface area contributed by atoms with E-state index in [-0.39, 0.29) is 11.7 Å². The number of rotatable bonds is 5. The Labute approximate surface area is 83.5 Å². The standard InChI is InChI=1S/C10H16O4/c1-4-5-10(12,8-6-13-8)14-9(11)7(2)3/h8,12H,2,4-6H2,1,3H3. The molecule has 0 bridgehead atoms. The van der Waals surface area contributed by atoms with E-state index in [2.05, 4.69) is 6.58 Å². The van der Waals surface area contributed by atoms with Gasteiger partial charge in [0.15, 0.2) is 0 Å². The predicted octanol–water partition coefficient (Wildman–Crippen LogP) is 0.993. The van der Waals surface area contributed by atoms with Crippen LogP contribution in [0.4, 0.5) is 0 Å². The molecule has 80 valence electrons. The summed E-state index contributed by atoms with van der Waals surface area (Å²) in [5.74, 6) is -2.04. The van der Waals surface area contributed by atoms with Crippen molar-refractivity contribution in [3.63, 3.8) is 0 Å². The Morgan fingerprint density at radius 1 is 1.79 bits per heavy atom. The second kappa shape index (κ2) is 4.11. The van der Waals surface area contributed by atoms with Crippen molar-refractivity contribution < 1.29 is 19.4 Å². The first-order valence-electron chi connectivity index (χ1n) is 4.72. The molecule has 0 radical (unpaired) electrons. The Hall–Kier alpha value is -0.870. The van der Waals surface area contributed by atoms with Gasteiger partial charge in [0, 0.05) is 12.0 Å². The lowest BCUT2D eigenvalue weighted by atomic mass is 10.1. The van der Waals surface area contributed by atoms with Crippen LogP contribution in [0, 0.1) is 0 Å². The van der Waals surface area contributed by atoms with Gasteiger partial charge in [-0.25, -0.2) is 4.79 Å². The molecule has 0 amide bonds. The molecule has 2 unspecified atom stereocenters. The van der Waals surface area contributed by atoms with Crippen LogP contribution in [-0.4, -0.2) is 29.6 Å². The largest absolute Gasteiger partial charge is 0.427 e. The summed E-state index contributed by atoms with van der Waals surface area (Å²) in [4.78, 5) is 11.2. The molecular formula is C10H16O4. The number of esters is 1. The highest BCUT2D eigenvalue weighted by Crippen LogP contribution is 2.30. The number of epoxide rings is 1. The maximum absolute atomic E-state index is 11.2. The van der Waals surface area contributed by atoms with E-state index in [4.69, 9.17) is 9.47 Å². The minimum Gasteiger partial charge on any atom is -0.427 e. The zero-order valence-electron chi connectivity index (χ0n) is 8.58. The highest BCUT2D eigenvalue weighted by atomic mass is 16.7. The average molecular weight is 200 g/mol. The number of ether oxygens (including phenoxy) is 2. The number of hydrogen-bond acceptors (Lipinski definition) is 4. The summed E-state index contributed by atoms with van der Waals surface area (Å²) in [6.07, 6.45) is 0.738. The minimum absolute atomic E-state index is 0.278. The predicted molar refractivity (Wildman–Crippen MR) is 50.5 cm³/mol. The molecule has 0 saturated carbocycles. The summed E-state index contributed by atoms with van der Waals surface area (Å²) in [5, 5.41) is 9.96. The Morgan fingerprint density at radius 3 is 2.71 bits per heavy atom. The Morgan fingerprint density at radius 2 is 2.36 bits per heavy atom. The van der Waals surface area contributed by atoms with E-state index in [1.54, 1.807) is 6.92 Å². The number of carbonyl (C=O) groups is 1. The van der Waals surface area contributed by atoms with Crippen LogP contribution in [0.2, 0.25) is 0 Å². The van der Waals surface area contributed by atoms with Gasteiger partial charge in [0.05, 0.1) is 6.61 Å².